The van der Waals surface area contributed by atoms with Crippen molar-refractivity contribution in [1.29, 1.82) is 0 Å². The van der Waals surface area contributed by atoms with E-state index in [0.29, 0.717) is 44.2 Å². The van der Waals surface area contributed by atoms with Gasteiger partial charge in [0.2, 0.25) is 15.9 Å². The number of sulfonamides is 1. The molecule has 0 bridgehead atoms. The maximum atomic E-state index is 13.5. The fourth-order valence-electron chi connectivity index (χ4n) is 4.38. The van der Waals surface area contributed by atoms with Gasteiger partial charge in [-0.3, -0.25) is 14.6 Å². The molecule has 3 amide bonds. The molecule has 166 valence electrons. The van der Waals surface area contributed by atoms with Crippen molar-refractivity contribution < 1.29 is 18.0 Å². The number of nitrogens with one attached hydrogen (secondary N) is 1. The minimum atomic E-state index is -3.63. The van der Waals surface area contributed by atoms with Gasteiger partial charge in [-0.1, -0.05) is 0 Å². The number of amides is 3. The van der Waals surface area contributed by atoms with Crippen LogP contribution < -0.4 is 5.32 Å². The Kier molecular flexibility index (Phi) is 6.27. The topological polar surface area (TPSA) is 90.0 Å². The highest BCUT2D eigenvalue weighted by molar-refractivity contribution is 7.89. The third kappa shape index (κ3) is 3.74. The van der Waals surface area contributed by atoms with Gasteiger partial charge in [0, 0.05) is 39.3 Å². The van der Waals surface area contributed by atoms with Crippen LogP contribution in [0, 0.1) is 34.6 Å². The average molecular weight is 437 g/mol. The van der Waals surface area contributed by atoms with Crippen LogP contribution in [0.1, 0.15) is 34.7 Å². The maximum Gasteiger partial charge on any atom is 0.324 e. The van der Waals surface area contributed by atoms with Gasteiger partial charge in [0.25, 0.3) is 0 Å². The summed E-state index contributed by atoms with van der Waals surface area (Å²) in [6.45, 7) is 13.9. The molecule has 2 fully saturated rings. The molecule has 0 spiro atoms. The lowest BCUT2D eigenvalue weighted by atomic mass is 9.95. The Morgan fingerprint density at radius 3 is 1.83 bits per heavy atom. The minimum absolute atomic E-state index is 0.238. The zero-order chi connectivity index (χ0) is 22.4. The summed E-state index contributed by atoms with van der Waals surface area (Å²) in [5.74, 6) is -0.238. The second kappa shape index (κ2) is 8.28. The van der Waals surface area contributed by atoms with Gasteiger partial charge >= 0.3 is 6.03 Å². The number of hydrogen-bond acceptors (Lipinski definition) is 5. The molecule has 0 radical (unpaired) electrons. The summed E-state index contributed by atoms with van der Waals surface area (Å²) in [7, 11) is -3.63. The number of benzene rings is 1. The molecule has 8 nitrogen and oxygen atoms in total. The van der Waals surface area contributed by atoms with Gasteiger partial charge in [0.15, 0.2) is 0 Å². The Morgan fingerprint density at radius 1 is 0.867 bits per heavy atom. The van der Waals surface area contributed by atoms with Crippen LogP contribution in [-0.4, -0.2) is 79.8 Å². The molecule has 0 unspecified atom stereocenters. The quantitative estimate of drug-likeness (QED) is 0.772. The summed E-state index contributed by atoms with van der Waals surface area (Å²) in [5.41, 5.74) is 4.77. The van der Waals surface area contributed by atoms with Gasteiger partial charge < -0.3 is 5.32 Å². The molecule has 3 rings (SSSR count). The van der Waals surface area contributed by atoms with Gasteiger partial charge in [-0.25, -0.2) is 13.2 Å². The van der Waals surface area contributed by atoms with Crippen LogP contribution in [-0.2, 0) is 14.8 Å². The zero-order valence-corrected chi connectivity index (χ0v) is 19.5. The predicted molar refractivity (Wildman–Crippen MR) is 115 cm³/mol. The van der Waals surface area contributed by atoms with Crippen molar-refractivity contribution >= 4 is 22.0 Å². The third-order valence-corrected chi connectivity index (χ3v) is 9.00. The minimum Gasteiger partial charge on any atom is -0.336 e. The molecule has 2 aliphatic rings. The number of carbonyl (C=O) groups excluding carboxylic acids is 2. The van der Waals surface area contributed by atoms with Gasteiger partial charge in [0.05, 0.1) is 10.9 Å². The average Bonchev–Trinajstić information content (AvgIpc) is 3.15. The van der Waals surface area contributed by atoms with E-state index in [0.717, 1.165) is 27.8 Å². The summed E-state index contributed by atoms with van der Waals surface area (Å²) in [4.78, 5) is 28.0. The van der Waals surface area contributed by atoms with Gasteiger partial charge in [-0.2, -0.15) is 4.31 Å². The molecule has 0 aromatic heterocycles. The number of imide groups is 1. The summed E-state index contributed by atoms with van der Waals surface area (Å²) in [6, 6.07) is -0.824. The molecule has 30 heavy (non-hydrogen) atoms. The van der Waals surface area contributed by atoms with E-state index in [4.69, 9.17) is 0 Å². The summed E-state index contributed by atoms with van der Waals surface area (Å²) in [6.07, 6.45) is 0. The first-order valence-corrected chi connectivity index (χ1v) is 11.8. The molecular weight excluding hydrogens is 404 g/mol. The fourth-order valence-corrected chi connectivity index (χ4v) is 6.36. The molecule has 1 atom stereocenters. The molecular formula is C21H32N4O4S. The van der Waals surface area contributed by atoms with E-state index >= 15 is 0 Å². The molecule has 9 heteroatoms. The SMILES string of the molecule is Cc1c(C)c(C)c(S(=O)(=O)N2CCN([C@@H](C)C(=O)N3CCNC3=O)CC2)c(C)c1C. The maximum absolute atomic E-state index is 13.5. The van der Waals surface area contributed by atoms with E-state index in [1.807, 2.05) is 39.5 Å². The number of hydrogen-bond donors (Lipinski definition) is 1. The molecule has 2 heterocycles. The van der Waals surface area contributed by atoms with E-state index in [1.54, 1.807) is 6.92 Å². The first kappa shape index (κ1) is 22.7. The summed E-state index contributed by atoms with van der Waals surface area (Å²) >= 11 is 0. The number of nitrogens with zero attached hydrogens (tertiary/aromatic N) is 3. The van der Waals surface area contributed by atoms with E-state index in [2.05, 4.69) is 5.32 Å². The van der Waals surface area contributed by atoms with E-state index in [1.165, 1.54) is 9.21 Å². The largest absolute Gasteiger partial charge is 0.336 e. The van der Waals surface area contributed by atoms with Crippen molar-refractivity contribution in [3.8, 4) is 0 Å². The van der Waals surface area contributed by atoms with Crippen LogP contribution in [0.2, 0.25) is 0 Å². The molecule has 1 aromatic carbocycles. The van der Waals surface area contributed by atoms with Crippen molar-refractivity contribution in [2.45, 2.75) is 52.5 Å². The lowest BCUT2D eigenvalue weighted by Gasteiger charge is -2.38. The second-order valence-electron chi connectivity index (χ2n) is 8.29. The van der Waals surface area contributed by atoms with Crippen LogP contribution in [0.3, 0.4) is 0 Å². The third-order valence-electron chi connectivity index (χ3n) is 6.83. The molecule has 1 aromatic rings. The van der Waals surface area contributed by atoms with Crippen LogP contribution in [0.15, 0.2) is 4.90 Å². The fraction of sp³-hybridized carbons (Fsp3) is 0.619. The number of carbonyl (C=O) groups is 2. The first-order valence-electron chi connectivity index (χ1n) is 10.4. The summed E-state index contributed by atoms with van der Waals surface area (Å²) < 4.78 is 28.5. The van der Waals surface area contributed by atoms with Crippen molar-refractivity contribution in [2.24, 2.45) is 0 Å². The lowest BCUT2D eigenvalue weighted by Crippen LogP contribution is -2.55. The Bertz CT molecular complexity index is 952. The normalized spacial score (nSPS) is 19.8. The number of urea groups is 1. The second-order valence-corrected chi connectivity index (χ2v) is 10.2. The molecule has 2 aliphatic heterocycles. The van der Waals surface area contributed by atoms with Crippen LogP contribution in [0.4, 0.5) is 4.79 Å². The van der Waals surface area contributed by atoms with E-state index in [9.17, 15) is 18.0 Å². The highest BCUT2D eigenvalue weighted by Crippen LogP contribution is 2.32. The monoisotopic (exact) mass is 436 g/mol. The Morgan fingerprint density at radius 2 is 1.37 bits per heavy atom. The molecule has 1 N–H and O–H groups in total. The van der Waals surface area contributed by atoms with Gasteiger partial charge in [-0.15, -0.1) is 0 Å². The zero-order valence-electron chi connectivity index (χ0n) is 18.7. The highest BCUT2D eigenvalue weighted by Gasteiger charge is 2.37. The Balaban J connectivity index is 1.76. The van der Waals surface area contributed by atoms with Gasteiger partial charge in [0.1, 0.15) is 0 Å². The molecule has 0 aliphatic carbocycles. The van der Waals surface area contributed by atoms with Crippen molar-refractivity contribution in [3.63, 3.8) is 0 Å². The summed E-state index contributed by atoms with van der Waals surface area (Å²) in [5, 5.41) is 2.64. The predicted octanol–water partition coefficient (Wildman–Crippen LogP) is 1.48. The lowest BCUT2D eigenvalue weighted by molar-refractivity contribution is -0.133. The smallest absolute Gasteiger partial charge is 0.324 e. The molecule has 2 saturated heterocycles. The first-order chi connectivity index (χ1) is 14.0. The van der Waals surface area contributed by atoms with Gasteiger partial charge in [-0.05, 0) is 69.4 Å². The highest BCUT2D eigenvalue weighted by atomic mass is 32.2. The number of rotatable bonds is 4. The van der Waals surface area contributed by atoms with E-state index < -0.39 is 16.1 Å². The van der Waals surface area contributed by atoms with E-state index in [-0.39, 0.29) is 11.9 Å². The Hall–Kier alpha value is -1.97. The van der Waals surface area contributed by atoms with Crippen molar-refractivity contribution in [2.75, 3.05) is 39.3 Å². The standard InChI is InChI=1S/C21H32N4O4S/c1-13-14(2)16(4)19(17(5)15(13)3)30(28,29)24-11-9-23(10-12-24)18(6)20(26)25-8-7-22-21(25)27/h18H,7-12H2,1-6H3,(H,22,27)/t18-/m0/s1. The number of piperazine rings is 1. The van der Waals surface area contributed by atoms with Crippen LogP contribution >= 0.6 is 0 Å². The van der Waals surface area contributed by atoms with Crippen molar-refractivity contribution in [1.82, 2.24) is 19.4 Å². The van der Waals surface area contributed by atoms with Crippen molar-refractivity contribution in [3.05, 3.63) is 27.8 Å². The molecule has 0 saturated carbocycles. The van der Waals surface area contributed by atoms with Crippen LogP contribution in [0.5, 0.6) is 0 Å². The van der Waals surface area contributed by atoms with Crippen LogP contribution in [0.25, 0.3) is 0 Å². The Labute approximate surface area is 179 Å².